The molecular weight excluding hydrogens is 421 g/mol. The number of hydrogen-bond donors (Lipinski definition) is 1. The first-order valence-corrected chi connectivity index (χ1v) is 7.43. The van der Waals surface area contributed by atoms with Gasteiger partial charge < -0.3 is 31.3 Å². The van der Waals surface area contributed by atoms with Crippen molar-refractivity contribution in [3.05, 3.63) is 27.8 Å². The second-order valence-corrected chi connectivity index (χ2v) is 6.25. The molecule has 0 bridgehead atoms. The van der Waals surface area contributed by atoms with Crippen molar-refractivity contribution in [2.24, 2.45) is 0 Å². The third kappa shape index (κ3) is 8.12. The zero-order valence-corrected chi connectivity index (χ0v) is 15.4. The van der Waals surface area contributed by atoms with Gasteiger partial charge in [-0.15, -0.1) is 0 Å². The average Bonchev–Trinajstić information content (AvgIpc) is 2.31. The number of unbranched alkanes of at least 4 members (excludes halogenated alkanes) is 1. The third-order valence-corrected chi connectivity index (χ3v) is 3.85. The van der Waals surface area contributed by atoms with Crippen LogP contribution in [0.25, 0.3) is 0 Å². The van der Waals surface area contributed by atoms with Gasteiger partial charge in [0.2, 0.25) is 0 Å². The van der Waals surface area contributed by atoms with Gasteiger partial charge >= 0.3 is 0 Å². The van der Waals surface area contributed by atoms with E-state index in [-0.39, 0.29) is 23.6 Å². The molecule has 0 saturated heterocycles. The quantitative estimate of drug-likeness (QED) is 0.334. The normalized spacial score (nSPS) is 10.9. The SMILES string of the molecule is C[N+](C)(CCO)CCCCOc1ccccc1I.[Br-]. The largest absolute Gasteiger partial charge is 1.00 e. The number of rotatable bonds is 8. The second kappa shape index (κ2) is 9.96. The molecule has 0 aliphatic rings. The van der Waals surface area contributed by atoms with Crippen LogP contribution >= 0.6 is 22.6 Å². The van der Waals surface area contributed by atoms with Crippen molar-refractivity contribution in [2.75, 3.05) is 40.4 Å². The van der Waals surface area contributed by atoms with E-state index in [2.05, 4.69) is 42.8 Å². The topological polar surface area (TPSA) is 29.5 Å². The molecule has 110 valence electrons. The number of ether oxygens (including phenoxy) is 1. The fourth-order valence-corrected chi connectivity index (χ4v) is 2.31. The van der Waals surface area contributed by atoms with E-state index in [0.29, 0.717) is 0 Å². The summed E-state index contributed by atoms with van der Waals surface area (Å²) in [5, 5.41) is 8.94. The van der Waals surface area contributed by atoms with Crippen molar-refractivity contribution >= 4 is 22.6 Å². The lowest BCUT2D eigenvalue weighted by Crippen LogP contribution is -3.00. The minimum atomic E-state index is 0. The van der Waals surface area contributed by atoms with Crippen LogP contribution in [0.5, 0.6) is 5.75 Å². The van der Waals surface area contributed by atoms with E-state index in [9.17, 15) is 0 Å². The van der Waals surface area contributed by atoms with Gasteiger partial charge in [-0.3, -0.25) is 0 Å². The van der Waals surface area contributed by atoms with Gasteiger partial charge in [-0.2, -0.15) is 0 Å². The Hall–Kier alpha value is 0.150. The first-order chi connectivity index (χ1) is 8.55. The number of para-hydroxylation sites is 1. The van der Waals surface area contributed by atoms with Gasteiger partial charge in [0.1, 0.15) is 12.3 Å². The lowest BCUT2D eigenvalue weighted by molar-refractivity contribution is -0.890. The van der Waals surface area contributed by atoms with E-state index in [1.165, 1.54) is 0 Å². The number of benzene rings is 1. The lowest BCUT2D eigenvalue weighted by Gasteiger charge is -2.28. The highest BCUT2D eigenvalue weighted by molar-refractivity contribution is 14.1. The van der Waals surface area contributed by atoms with Crippen molar-refractivity contribution < 1.29 is 31.3 Å². The summed E-state index contributed by atoms with van der Waals surface area (Å²) in [5.74, 6) is 0.974. The molecule has 3 nitrogen and oxygen atoms in total. The molecule has 0 aromatic heterocycles. The van der Waals surface area contributed by atoms with Crippen LogP contribution in [0.2, 0.25) is 0 Å². The van der Waals surface area contributed by atoms with Crippen LogP contribution in [0.4, 0.5) is 0 Å². The first-order valence-electron chi connectivity index (χ1n) is 6.35. The van der Waals surface area contributed by atoms with Crippen molar-refractivity contribution in [3.8, 4) is 5.75 Å². The number of nitrogens with zero attached hydrogens (tertiary/aromatic N) is 1. The van der Waals surface area contributed by atoms with Crippen molar-refractivity contribution in [2.45, 2.75) is 12.8 Å². The minimum absolute atomic E-state index is 0. The molecule has 0 spiro atoms. The van der Waals surface area contributed by atoms with E-state index < -0.39 is 0 Å². The maximum Gasteiger partial charge on any atom is 0.132 e. The number of halogens is 2. The molecule has 0 aliphatic carbocycles. The van der Waals surface area contributed by atoms with E-state index in [1.54, 1.807) is 0 Å². The van der Waals surface area contributed by atoms with Crippen LogP contribution in [0.15, 0.2) is 24.3 Å². The molecule has 0 fully saturated rings. The molecule has 0 amide bonds. The smallest absolute Gasteiger partial charge is 0.132 e. The Morgan fingerprint density at radius 2 is 1.84 bits per heavy atom. The maximum atomic E-state index is 8.94. The molecule has 1 aromatic rings. The lowest BCUT2D eigenvalue weighted by atomic mass is 10.3. The molecule has 1 N–H and O–H groups in total. The van der Waals surface area contributed by atoms with Crippen LogP contribution in [0.1, 0.15) is 12.8 Å². The summed E-state index contributed by atoms with van der Waals surface area (Å²) in [6.07, 6.45) is 2.18. The number of hydrogen-bond acceptors (Lipinski definition) is 2. The fraction of sp³-hybridized carbons (Fsp3) is 0.571. The summed E-state index contributed by atoms with van der Waals surface area (Å²) in [4.78, 5) is 0. The Morgan fingerprint density at radius 3 is 2.47 bits per heavy atom. The maximum absolute atomic E-state index is 8.94. The standard InChI is InChI=1S/C14H23INO2.BrH/c1-16(2,10-11-17)9-5-6-12-18-14-8-4-3-7-13(14)15;/h3-4,7-8,17H,5-6,9-12H2,1-2H3;1H/q+1;/p-1. The monoisotopic (exact) mass is 443 g/mol. The van der Waals surface area contributed by atoms with Crippen molar-refractivity contribution in [1.29, 1.82) is 0 Å². The summed E-state index contributed by atoms with van der Waals surface area (Å²) in [7, 11) is 4.30. The third-order valence-electron chi connectivity index (χ3n) is 2.96. The summed E-state index contributed by atoms with van der Waals surface area (Å²) >= 11 is 2.29. The average molecular weight is 444 g/mol. The minimum Gasteiger partial charge on any atom is -1.00 e. The second-order valence-electron chi connectivity index (χ2n) is 5.09. The predicted octanol–water partition coefficient (Wildman–Crippen LogP) is -0.477. The van der Waals surface area contributed by atoms with Gasteiger partial charge in [0.05, 0.1) is 37.4 Å². The van der Waals surface area contributed by atoms with Crippen molar-refractivity contribution in [3.63, 3.8) is 0 Å². The summed E-state index contributed by atoms with van der Waals surface area (Å²) in [6.45, 7) is 2.91. The number of aliphatic hydroxyl groups is 1. The molecule has 1 rings (SSSR count). The molecule has 0 saturated carbocycles. The summed E-state index contributed by atoms with van der Waals surface area (Å²) in [5.41, 5.74) is 0. The number of aliphatic hydroxyl groups excluding tert-OH is 1. The van der Waals surface area contributed by atoms with E-state index in [0.717, 1.165) is 46.3 Å². The van der Waals surface area contributed by atoms with Gasteiger partial charge in [-0.05, 0) is 47.6 Å². The number of likely N-dealkylation sites (N-methyl/N-ethyl adjacent to an activating group) is 1. The predicted molar refractivity (Wildman–Crippen MR) is 82.8 cm³/mol. The zero-order valence-electron chi connectivity index (χ0n) is 11.6. The van der Waals surface area contributed by atoms with Gasteiger partial charge in [-0.25, -0.2) is 0 Å². The van der Waals surface area contributed by atoms with Crippen molar-refractivity contribution in [1.82, 2.24) is 0 Å². The Morgan fingerprint density at radius 1 is 1.16 bits per heavy atom. The first kappa shape index (κ1) is 19.1. The highest BCUT2D eigenvalue weighted by Crippen LogP contribution is 2.19. The summed E-state index contributed by atoms with van der Waals surface area (Å²) < 4.78 is 7.78. The van der Waals surface area contributed by atoms with E-state index in [4.69, 9.17) is 9.84 Å². The van der Waals surface area contributed by atoms with Gasteiger partial charge in [-0.1, -0.05) is 12.1 Å². The Labute approximate surface area is 140 Å². The van der Waals surface area contributed by atoms with E-state index >= 15 is 0 Å². The fourth-order valence-electron chi connectivity index (χ4n) is 1.77. The van der Waals surface area contributed by atoms with Gasteiger partial charge in [0.15, 0.2) is 0 Å². The van der Waals surface area contributed by atoms with Crippen LogP contribution in [0, 0.1) is 3.57 Å². The molecule has 19 heavy (non-hydrogen) atoms. The Balaban J connectivity index is 0.00000324. The number of quaternary nitrogens is 1. The van der Waals surface area contributed by atoms with Gasteiger partial charge in [0, 0.05) is 0 Å². The molecule has 0 radical (unpaired) electrons. The molecule has 0 unspecified atom stereocenters. The zero-order chi connectivity index (χ0) is 13.4. The van der Waals surface area contributed by atoms with Gasteiger partial charge in [0.25, 0.3) is 0 Å². The van der Waals surface area contributed by atoms with Crippen LogP contribution in [-0.2, 0) is 0 Å². The Kier molecular flexibility index (Phi) is 10.0. The highest BCUT2D eigenvalue weighted by atomic mass is 127. The van der Waals surface area contributed by atoms with E-state index in [1.807, 2.05) is 18.2 Å². The molecule has 0 atom stereocenters. The molecule has 5 heteroatoms. The molecule has 0 aliphatic heterocycles. The highest BCUT2D eigenvalue weighted by Gasteiger charge is 2.12. The summed E-state index contributed by atoms with van der Waals surface area (Å²) in [6, 6.07) is 8.08. The van der Waals surface area contributed by atoms with Crippen LogP contribution in [-0.4, -0.2) is 50.0 Å². The molecule has 0 heterocycles. The molecular formula is C14H23BrINO2. The van der Waals surface area contributed by atoms with Crippen LogP contribution in [0.3, 0.4) is 0 Å². The Bertz CT molecular complexity index is 361. The van der Waals surface area contributed by atoms with Crippen LogP contribution < -0.4 is 21.7 Å². The molecule has 1 aromatic carbocycles.